The van der Waals surface area contributed by atoms with Crippen LogP contribution in [-0.2, 0) is 4.79 Å². The zero-order chi connectivity index (χ0) is 9.97. The summed E-state index contributed by atoms with van der Waals surface area (Å²) in [5.41, 5.74) is 0.338. The Morgan fingerprint density at radius 1 is 1.57 bits per heavy atom. The summed E-state index contributed by atoms with van der Waals surface area (Å²) in [4.78, 5) is 24.3. The van der Waals surface area contributed by atoms with Crippen molar-refractivity contribution < 1.29 is 9.59 Å². The highest BCUT2D eigenvalue weighted by Crippen LogP contribution is 2.10. The Hall–Kier alpha value is -1.30. The first-order valence-electron chi connectivity index (χ1n) is 4.35. The van der Waals surface area contributed by atoms with Crippen LogP contribution in [0.25, 0.3) is 0 Å². The number of aromatic nitrogens is 2. The van der Waals surface area contributed by atoms with Crippen molar-refractivity contribution in [2.45, 2.75) is 12.8 Å². The molecular formula is C8H9N3O2S. The van der Waals surface area contributed by atoms with Gasteiger partial charge in [0.1, 0.15) is 0 Å². The Bertz CT molecular complexity index is 349. The lowest BCUT2D eigenvalue weighted by molar-refractivity contribution is -0.121. The number of Topliss-reactive ketones (excluding diaryl/α,β-unsaturated/α-hetero) is 1. The van der Waals surface area contributed by atoms with E-state index in [0.717, 1.165) is 18.0 Å². The van der Waals surface area contributed by atoms with Crippen LogP contribution in [-0.4, -0.2) is 39.3 Å². The molecule has 14 heavy (non-hydrogen) atoms. The second-order valence-corrected chi connectivity index (χ2v) is 3.77. The highest BCUT2D eigenvalue weighted by molar-refractivity contribution is 7.03. The third-order valence-corrected chi connectivity index (χ3v) is 2.62. The van der Waals surface area contributed by atoms with Crippen molar-refractivity contribution in [3.05, 3.63) is 11.1 Å². The Balaban J connectivity index is 2.08. The molecule has 2 heterocycles. The minimum Gasteiger partial charge on any atom is -0.330 e. The highest BCUT2D eigenvalue weighted by Gasteiger charge is 2.23. The molecule has 1 saturated heterocycles. The van der Waals surface area contributed by atoms with Gasteiger partial charge in [-0.1, -0.05) is 4.49 Å². The fourth-order valence-corrected chi connectivity index (χ4v) is 1.86. The summed E-state index contributed by atoms with van der Waals surface area (Å²) in [6, 6.07) is 0. The van der Waals surface area contributed by atoms with E-state index in [1.165, 1.54) is 4.90 Å². The maximum atomic E-state index is 11.7. The van der Waals surface area contributed by atoms with Crippen LogP contribution >= 0.6 is 11.5 Å². The fraction of sp³-hybridized carbons (Fsp3) is 0.500. The number of rotatable bonds is 1. The minimum absolute atomic E-state index is 0.118. The van der Waals surface area contributed by atoms with Gasteiger partial charge in [0, 0.05) is 18.3 Å². The van der Waals surface area contributed by atoms with Gasteiger partial charge in [-0.15, -0.1) is 5.10 Å². The van der Waals surface area contributed by atoms with Gasteiger partial charge in [-0.05, 0) is 18.0 Å². The molecule has 1 aliphatic rings. The van der Waals surface area contributed by atoms with Gasteiger partial charge in [0.05, 0.1) is 6.54 Å². The lowest BCUT2D eigenvalue weighted by Gasteiger charge is -2.24. The predicted octanol–water partition coefficient (Wildman–Crippen LogP) is 0.343. The molecule has 0 radical (unpaired) electrons. The van der Waals surface area contributed by atoms with Crippen LogP contribution < -0.4 is 0 Å². The first-order chi connectivity index (χ1) is 6.77. The average Bonchev–Trinajstić information content (AvgIpc) is 2.69. The summed E-state index contributed by atoms with van der Waals surface area (Å²) in [7, 11) is 0. The van der Waals surface area contributed by atoms with Crippen molar-refractivity contribution in [1.29, 1.82) is 0 Å². The van der Waals surface area contributed by atoms with E-state index < -0.39 is 0 Å². The van der Waals surface area contributed by atoms with Gasteiger partial charge in [-0.25, -0.2) is 0 Å². The number of carbonyl (C=O) groups is 2. The van der Waals surface area contributed by atoms with E-state index in [2.05, 4.69) is 9.59 Å². The molecule has 1 aromatic heterocycles. The number of piperidine rings is 1. The van der Waals surface area contributed by atoms with Crippen LogP contribution in [0.2, 0.25) is 0 Å². The van der Waals surface area contributed by atoms with Crippen molar-refractivity contribution in [2.75, 3.05) is 13.1 Å². The van der Waals surface area contributed by atoms with Gasteiger partial charge >= 0.3 is 0 Å². The SMILES string of the molecule is O=C1CCCN(C(=O)c2csnn2)C1. The maximum Gasteiger partial charge on any atom is 0.275 e. The average molecular weight is 211 g/mol. The quantitative estimate of drug-likeness (QED) is 0.672. The molecule has 6 heteroatoms. The molecule has 1 fully saturated rings. The summed E-state index contributed by atoms with van der Waals surface area (Å²) in [6.45, 7) is 0.860. The van der Waals surface area contributed by atoms with Gasteiger partial charge in [0.25, 0.3) is 5.91 Å². The summed E-state index contributed by atoms with van der Waals surface area (Å²) in [6.07, 6.45) is 1.33. The van der Waals surface area contributed by atoms with Crippen LogP contribution in [0, 0.1) is 0 Å². The van der Waals surface area contributed by atoms with Crippen LogP contribution in [0.1, 0.15) is 23.3 Å². The maximum absolute atomic E-state index is 11.7. The lowest BCUT2D eigenvalue weighted by atomic mass is 10.1. The molecule has 1 aromatic rings. The third-order valence-electron chi connectivity index (χ3n) is 2.12. The van der Waals surface area contributed by atoms with Crippen LogP contribution in [0.5, 0.6) is 0 Å². The van der Waals surface area contributed by atoms with Gasteiger partial charge in [0.15, 0.2) is 11.5 Å². The molecule has 1 aliphatic heterocycles. The molecule has 0 aromatic carbocycles. The van der Waals surface area contributed by atoms with Crippen LogP contribution in [0.3, 0.4) is 0 Å². The Morgan fingerprint density at radius 3 is 3.07 bits per heavy atom. The van der Waals surface area contributed by atoms with Gasteiger partial charge in [0.2, 0.25) is 0 Å². The number of hydrogen-bond acceptors (Lipinski definition) is 5. The predicted molar refractivity (Wildman–Crippen MR) is 50.1 cm³/mol. The van der Waals surface area contributed by atoms with E-state index >= 15 is 0 Å². The van der Waals surface area contributed by atoms with Crippen molar-refractivity contribution in [3.8, 4) is 0 Å². The largest absolute Gasteiger partial charge is 0.330 e. The van der Waals surface area contributed by atoms with E-state index in [1.54, 1.807) is 5.38 Å². The molecule has 2 rings (SSSR count). The van der Waals surface area contributed by atoms with E-state index in [0.29, 0.717) is 18.7 Å². The minimum atomic E-state index is -0.188. The first-order valence-corrected chi connectivity index (χ1v) is 5.19. The van der Waals surface area contributed by atoms with Crippen molar-refractivity contribution in [1.82, 2.24) is 14.5 Å². The summed E-state index contributed by atoms with van der Waals surface area (Å²) >= 11 is 1.14. The molecular weight excluding hydrogens is 202 g/mol. The molecule has 5 nitrogen and oxygen atoms in total. The zero-order valence-corrected chi connectivity index (χ0v) is 8.29. The smallest absolute Gasteiger partial charge is 0.275 e. The number of ketones is 1. The molecule has 0 atom stereocenters. The van der Waals surface area contributed by atoms with Crippen molar-refractivity contribution in [3.63, 3.8) is 0 Å². The molecule has 74 valence electrons. The summed E-state index contributed by atoms with van der Waals surface area (Å²) < 4.78 is 3.62. The van der Waals surface area contributed by atoms with Gasteiger partial charge < -0.3 is 4.90 Å². The van der Waals surface area contributed by atoms with E-state index in [4.69, 9.17) is 0 Å². The monoisotopic (exact) mass is 211 g/mol. The van der Waals surface area contributed by atoms with Crippen molar-refractivity contribution in [2.24, 2.45) is 0 Å². The molecule has 0 spiro atoms. The molecule has 0 unspecified atom stereocenters. The summed E-state index contributed by atoms with van der Waals surface area (Å²) in [5, 5.41) is 5.28. The topological polar surface area (TPSA) is 63.2 Å². The Morgan fingerprint density at radius 2 is 2.43 bits per heavy atom. The number of hydrogen-bond donors (Lipinski definition) is 0. The highest BCUT2D eigenvalue weighted by atomic mass is 32.1. The van der Waals surface area contributed by atoms with E-state index in [9.17, 15) is 9.59 Å². The molecule has 0 N–H and O–H groups in total. The molecule has 0 bridgehead atoms. The summed E-state index contributed by atoms with van der Waals surface area (Å²) in [5.74, 6) is -0.0698. The molecule has 0 saturated carbocycles. The van der Waals surface area contributed by atoms with E-state index in [1.807, 2.05) is 0 Å². The first kappa shape index (κ1) is 9.26. The Labute approximate surface area is 84.9 Å². The molecule has 1 amide bonds. The lowest BCUT2D eigenvalue weighted by Crippen LogP contribution is -2.40. The number of nitrogens with zero attached hydrogens (tertiary/aromatic N) is 3. The number of amides is 1. The van der Waals surface area contributed by atoms with Gasteiger partial charge in [-0.2, -0.15) is 0 Å². The second kappa shape index (κ2) is 3.83. The fourth-order valence-electron chi connectivity index (χ4n) is 1.43. The van der Waals surface area contributed by atoms with Crippen LogP contribution in [0.4, 0.5) is 0 Å². The van der Waals surface area contributed by atoms with Crippen LogP contribution in [0.15, 0.2) is 5.38 Å². The number of carbonyl (C=O) groups excluding carboxylic acids is 2. The van der Waals surface area contributed by atoms with Crippen molar-refractivity contribution >= 4 is 23.2 Å². The van der Waals surface area contributed by atoms with E-state index in [-0.39, 0.29) is 18.2 Å². The third kappa shape index (κ3) is 1.79. The second-order valence-electron chi connectivity index (χ2n) is 3.16. The normalized spacial score (nSPS) is 17.1. The van der Waals surface area contributed by atoms with Gasteiger partial charge in [-0.3, -0.25) is 9.59 Å². The molecule has 0 aliphatic carbocycles. The number of likely N-dealkylation sites (tertiary alicyclic amines) is 1. The standard InChI is InChI=1S/C8H9N3O2S/c12-6-2-1-3-11(4-6)8(13)7-5-14-10-9-7/h5H,1-4H2. The Kier molecular flexibility index (Phi) is 2.53. The zero-order valence-electron chi connectivity index (χ0n) is 7.47.